The summed E-state index contributed by atoms with van der Waals surface area (Å²) in [7, 11) is 0. The number of nitrogens with zero attached hydrogens (tertiary/aromatic N) is 4. The SMILES string of the molecule is O=C(c1cc(F)cc(F)c1)N(c1ccc(F)cc1C1CCCCC1)c1ccc([N+](=O)[O-])c2nonc12. The lowest BCUT2D eigenvalue weighted by Gasteiger charge is -2.30. The van der Waals surface area contributed by atoms with Crippen molar-refractivity contribution in [3.63, 3.8) is 0 Å². The second kappa shape index (κ2) is 9.40. The minimum atomic E-state index is -0.957. The van der Waals surface area contributed by atoms with Crippen molar-refractivity contribution in [1.82, 2.24) is 10.3 Å². The van der Waals surface area contributed by atoms with E-state index < -0.39 is 34.0 Å². The number of nitro benzene ring substituents is 1. The molecule has 0 N–H and O–H groups in total. The maximum absolute atomic E-state index is 14.4. The summed E-state index contributed by atoms with van der Waals surface area (Å²) in [6, 6.07) is 8.76. The van der Waals surface area contributed by atoms with Crippen LogP contribution in [0.3, 0.4) is 0 Å². The van der Waals surface area contributed by atoms with Crippen molar-refractivity contribution in [1.29, 1.82) is 0 Å². The largest absolute Gasteiger partial charge is 0.300 e. The van der Waals surface area contributed by atoms with Crippen LogP contribution < -0.4 is 4.90 Å². The first-order chi connectivity index (χ1) is 17.3. The quantitative estimate of drug-likeness (QED) is 0.229. The van der Waals surface area contributed by atoms with E-state index in [0.717, 1.165) is 55.2 Å². The summed E-state index contributed by atoms with van der Waals surface area (Å²) in [6.07, 6.45) is 4.44. The van der Waals surface area contributed by atoms with E-state index >= 15 is 0 Å². The Bertz CT molecular complexity index is 1460. The predicted octanol–water partition coefficient (Wildman–Crippen LogP) is 6.57. The Balaban J connectivity index is 1.76. The van der Waals surface area contributed by atoms with Crippen LogP contribution in [-0.4, -0.2) is 21.1 Å². The van der Waals surface area contributed by atoms with Gasteiger partial charge in [-0.05, 0) is 71.0 Å². The van der Waals surface area contributed by atoms with Gasteiger partial charge in [-0.15, -0.1) is 0 Å². The van der Waals surface area contributed by atoms with Crippen LogP contribution in [0.15, 0.2) is 53.2 Å². The average molecular weight is 496 g/mol. The molecule has 0 radical (unpaired) electrons. The highest BCUT2D eigenvalue weighted by Gasteiger charge is 2.31. The second-order valence-electron chi connectivity index (χ2n) is 8.66. The van der Waals surface area contributed by atoms with Crippen molar-refractivity contribution in [3.8, 4) is 0 Å². The molecule has 0 unspecified atom stereocenters. The molecule has 184 valence electrons. The van der Waals surface area contributed by atoms with E-state index in [4.69, 9.17) is 4.63 Å². The lowest BCUT2D eigenvalue weighted by molar-refractivity contribution is -0.383. The zero-order chi connectivity index (χ0) is 25.4. The Morgan fingerprint density at radius 2 is 1.56 bits per heavy atom. The Morgan fingerprint density at radius 3 is 2.25 bits per heavy atom. The van der Waals surface area contributed by atoms with Crippen LogP contribution >= 0.6 is 0 Å². The van der Waals surface area contributed by atoms with Crippen LogP contribution in [0.25, 0.3) is 11.0 Å². The van der Waals surface area contributed by atoms with Crippen LogP contribution in [-0.2, 0) is 0 Å². The predicted molar refractivity (Wildman–Crippen MR) is 124 cm³/mol. The molecule has 4 aromatic rings. The van der Waals surface area contributed by atoms with Gasteiger partial charge in [-0.25, -0.2) is 17.8 Å². The first-order valence-electron chi connectivity index (χ1n) is 11.3. The van der Waals surface area contributed by atoms with E-state index in [1.54, 1.807) is 0 Å². The van der Waals surface area contributed by atoms with E-state index in [9.17, 15) is 28.1 Å². The molecular weight excluding hydrogens is 477 g/mol. The zero-order valence-corrected chi connectivity index (χ0v) is 18.8. The van der Waals surface area contributed by atoms with Crippen molar-refractivity contribution in [2.45, 2.75) is 38.0 Å². The summed E-state index contributed by atoms with van der Waals surface area (Å²) in [4.78, 5) is 25.8. The van der Waals surface area contributed by atoms with E-state index in [-0.39, 0.29) is 33.9 Å². The summed E-state index contributed by atoms with van der Waals surface area (Å²) >= 11 is 0. The number of aromatic nitrogens is 2. The molecule has 1 fully saturated rings. The monoisotopic (exact) mass is 496 g/mol. The highest BCUT2D eigenvalue weighted by molar-refractivity contribution is 6.15. The number of nitro groups is 1. The highest BCUT2D eigenvalue weighted by atomic mass is 19.1. The first kappa shape index (κ1) is 23.5. The highest BCUT2D eigenvalue weighted by Crippen LogP contribution is 2.43. The van der Waals surface area contributed by atoms with Gasteiger partial charge < -0.3 is 0 Å². The molecule has 3 aromatic carbocycles. The van der Waals surface area contributed by atoms with E-state index in [1.165, 1.54) is 24.3 Å². The number of non-ortho nitro benzene ring substituents is 1. The number of halogens is 3. The molecule has 0 bridgehead atoms. The van der Waals surface area contributed by atoms with Crippen LogP contribution in [0.2, 0.25) is 0 Å². The summed E-state index contributed by atoms with van der Waals surface area (Å²) in [5.41, 5.74) is -0.162. The number of amides is 1. The maximum atomic E-state index is 14.4. The zero-order valence-electron chi connectivity index (χ0n) is 18.8. The second-order valence-corrected chi connectivity index (χ2v) is 8.66. The Labute approximate surface area is 202 Å². The van der Waals surface area contributed by atoms with Gasteiger partial charge in [-0.3, -0.25) is 19.8 Å². The van der Waals surface area contributed by atoms with Gasteiger partial charge in [-0.2, -0.15) is 0 Å². The fourth-order valence-electron chi connectivity index (χ4n) is 4.79. The van der Waals surface area contributed by atoms with Gasteiger partial charge in [0.05, 0.1) is 16.3 Å². The van der Waals surface area contributed by atoms with Gasteiger partial charge in [-0.1, -0.05) is 19.3 Å². The molecule has 11 heteroatoms. The van der Waals surface area contributed by atoms with E-state index in [2.05, 4.69) is 10.3 Å². The van der Waals surface area contributed by atoms with Gasteiger partial charge in [0.2, 0.25) is 5.52 Å². The van der Waals surface area contributed by atoms with E-state index in [0.29, 0.717) is 11.6 Å². The average Bonchev–Trinajstić information content (AvgIpc) is 3.35. The van der Waals surface area contributed by atoms with Crippen molar-refractivity contribution >= 4 is 34.0 Å². The van der Waals surface area contributed by atoms with Crippen molar-refractivity contribution in [2.24, 2.45) is 0 Å². The molecule has 36 heavy (non-hydrogen) atoms. The van der Waals surface area contributed by atoms with Gasteiger partial charge in [0.1, 0.15) is 17.5 Å². The fourth-order valence-corrected chi connectivity index (χ4v) is 4.79. The summed E-state index contributed by atoms with van der Waals surface area (Å²) in [5, 5.41) is 18.9. The van der Waals surface area contributed by atoms with Crippen LogP contribution in [0.5, 0.6) is 0 Å². The molecule has 0 atom stereocenters. The number of carbonyl (C=O) groups excluding carboxylic acids is 1. The van der Waals surface area contributed by atoms with Gasteiger partial charge in [0, 0.05) is 17.7 Å². The third kappa shape index (κ3) is 4.28. The van der Waals surface area contributed by atoms with Crippen molar-refractivity contribution in [2.75, 3.05) is 4.90 Å². The molecule has 1 saturated carbocycles. The number of fused-ring (bicyclic) bond motifs is 1. The topological polar surface area (TPSA) is 102 Å². The molecule has 0 aliphatic heterocycles. The summed E-state index contributed by atoms with van der Waals surface area (Å²) in [5.74, 6) is -3.31. The molecule has 5 rings (SSSR count). The number of rotatable bonds is 5. The normalized spacial score (nSPS) is 14.2. The molecule has 1 heterocycles. The molecular formula is C25H19F3N4O4. The molecule has 0 spiro atoms. The number of carbonyl (C=O) groups is 1. The van der Waals surface area contributed by atoms with Crippen molar-refractivity contribution < 1.29 is 27.5 Å². The lowest BCUT2D eigenvalue weighted by atomic mass is 9.83. The molecule has 0 saturated heterocycles. The maximum Gasteiger partial charge on any atom is 0.300 e. The molecule has 8 nitrogen and oxygen atoms in total. The van der Waals surface area contributed by atoms with Gasteiger partial charge in [0.25, 0.3) is 5.91 Å². The molecule has 1 aromatic heterocycles. The van der Waals surface area contributed by atoms with Crippen LogP contribution in [0.4, 0.5) is 30.2 Å². The Hall–Kier alpha value is -4.28. The van der Waals surface area contributed by atoms with Crippen LogP contribution in [0.1, 0.15) is 53.9 Å². The molecule has 1 aliphatic rings. The minimum absolute atomic E-state index is 0.0372. The number of hydrogen-bond acceptors (Lipinski definition) is 6. The van der Waals surface area contributed by atoms with Crippen LogP contribution in [0, 0.1) is 27.6 Å². The molecule has 1 aliphatic carbocycles. The van der Waals surface area contributed by atoms with Gasteiger partial charge in [0.15, 0.2) is 5.52 Å². The lowest BCUT2D eigenvalue weighted by Crippen LogP contribution is -2.28. The Morgan fingerprint density at radius 1 is 0.889 bits per heavy atom. The number of benzene rings is 3. The minimum Gasteiger partial charge on any atom is -0.274 e. The van der Waals surface area contributed by atoms with Crippen molar-refractivity contribution in [3.05, 3.63) is 87.2 Å². The molecule has 1 amide bonds. The first-order valence-corrected chi connectivity index (χ1v) is 11.3. The number of hydrogen-bond donors (Lipinski definition) is 0. The van der Waals surface area contributed by atoms with E-state index in [1.807, 2.05) is 0 Å². The summed E-state index contributed by atoms with van der Waals surface area (Å²) in [6.45, 7) is 0. The fraction of sp³-hybridized carbons (Fsp3) is 0.240. The third-order valence-corrected chi connectivity index (χ3v) is 6.40. The smallest absolute Gasteiger partial charge is 0.274 e. The third-order valence-electron chi connectivity index (χ3n) is 6.40. The standard InChI is InChI=1S/C25H19F3N4O4/c26-16-6-7-20(19(13-16)14-4-2-1-3-5-14)31(25(33)15-10-17(27)12-18(28)11-15)21-8-9-22(32(34)35)24-23(21)29-36-30-24/h6-14H,1-5H2. The summed E-state index contributed by atoms with van der Waals surface area (Å²) < 4.78 is 47.3. The Kier molecular flexibility index (Phi) is 6.13. The van der Waals surface area contributed by atoms with Gasteiger partial charge >= 0.3 is 5.69 Å². The number of anilines is 2.